The topological polar surface area (TPSA) is 120 Å². The number of fused-ring (bicyclic) bond motifs is 1. The Kier molecular flexibility index (Phi) is 7.21. The predicted octanol–water partition coefficient (Wildman–Crippen LogP) is 3.50. The summed E-state index contributed by atoms with van der Waals surface area (Å²) >= 11 is 0. The lowest BCUT2D eigenvalue weighted by atomic mass is 10.1. The van der Waals surface area contributed by atoms with Crippen LogP contribution >= 0.6 is 0 Å². The van der Waals surface area contributed by atoms with Gasteiger partial charge in [-0.3, -0.25) is 0 Å². The monoisotopic (exact) mass is 406 g/mol. The summed E-state index contributed by atoms with van der Waals surface area (Å²) < 4.78 is 5.09. The van der Waals surface area contributed by atoms with Crippen molar-refractivity contribution >= 4 is 23.0 Å². The van der Waals surface area contributed by atoms with Crippen LogP contribution in [0.1, 0.15) is 11.1 Å². The minimum Gasteiger partial charge on any atom is -0.480 e. The largest absolute Gasteiger partial charge is 0.480 e. The summed E-state index contributed by atoms with van der Waals surface area (Å²) in [5.41, 5.74) is 2.58. The van der Waals surface area contributed by atoms with Crippen LogP contribution in [-0.2, 0) is 22.6 Å². The molecule has 0 unspecified atom stereocenters. The van der Waals surface area contributed by atoms with Gasteiger partial charge in [0.15, 0.2) is 0 Å². The number of aromatic amines is 2. The molecule has 30 heavy (non-hydrogen) atoms. The van der Waals surface area contributed by atoms with Gasteiger partial charge in [-0.2, -0.15) is 0 Å². The molecule has 4 rings (SSSR count). The standard InChI is InChI=1S/C19H18N2O4.C3H4N2/c22-18(23)17(10-14-11-20-16-9-5-4-8-15(14)16)21-19(24)25-12-13-6-2-1-3-7-13;1-2-5-3-4-1/h1-9,11,17,20H,10,12H2,(H,21,24)(H,22,23);1-3H,(H,4,5)/t17-;/m1./s1. The van der Waals surface area contributed by atoms with Crippen molar-refractivity contribution in [2.75, 3.05) is 0 Å². The van der Waals surface area contributed by atoms with Gasteiger partial charge in [0.05, 0.1) is 6.33 Å². The Labute approximate surface area is 172 Å². The van der Waals surface area contributed by atoms with Gasteiger partial charge in [-0.1, -0.05) is 48.5 Å². The fourth-order valence-corrected chi connectivity index (χ4v) is 2.84. The third kappa shape index (κ3) is 5.96. The van der Waals surface area contributed by atoms with E-state index in [-0.39, 0.29) is 13.0 Å². The number of aliphatic carboxylic acids is 1. The van der Waals surface area contributed by atoms with Gasteiger partial charge in [0, 0.05) is 35.9 Å². The number of para-hydroxylation sites is 1. The van der Waals surface area contributed by atoms with Gasteiger partial charge < -0.3 is 25.1 Å². The van der Waals surface area contributed by atoms with Crippen LogP contribution in [-0.4, -0.2) is 38.2 Å². The van der Waals surface area contributed by atoms with Crippen LogP contribution in [0, 0.1) is 0 Å². The van der Waals surface area contributed by atoms with Gasteiger partial charge in [-0.25, -0.2) is 14.6 Å². The van der Waals surface area contributed by atoms with Crippen LogP contribution in [0.4, 0.5) is 4.79 Å². The van der Waals surface area contributed by atoms with Crippen molar-refractivity contribution in [3.8, 4) is 0 Å². The molecule has 2 aromatic carbocycles. The zero-order chi connectivity index (χ0) is 21.2. The van der Waals surface area contributed by atoms with E-state index in [0.717, 1.165) is 22.0 Å². The van der Waals surface area contributed by atoms with E-state index >= 15 is 0 Å². The number of ether oxygens (including phenoxy) is 1. The zero-order valence-corrected chi connectivity index (χ0v) is 16.1. The SMILES string of the molecule is O=C(N[C@H](Cc1c[nH]c2ccccc12)C(=O)O)OCc1ccccc1.c1c[nH]cn1. The predicted molar refractivity (Wildman–Crippen MR) is 112 cm³/mol. The molecule has 0 saturated heterocycles. The van der Waals surface area contributed by atoms with Crippen molar-refractivity contribution < 1.29 is 19.4 Å². The van der Waals surface area contributed by atoms with E-state index in [2.05, 4.69) is 20.3 Å². The number of hydrogen-bond acceptors (Lipinski definition) is 4. The molecule has 2 heterocycles. The van der Waals surface area contributed by atoms with Gasteiger partial charge in [0.1, 0.15) is 12.6 Å². The average molecular weight is 406 g/mol. The highest BCUT2D eigenvalue weighted by Crippen LogP contribution is 2.19. The van der Waals surface area contributed by atoms with E-state index in [1.807, 2.05) is 54.6 Å². The Balaban J connectivity index is 0.000000448. The summed E-state index contributed by atoms with van der Waals surface area (Å²) in [5.74, 6) is -1.11. The summed E-state index contributed by atoms with van der Waals surface area (Å²) in [4.78, 5) is 32.9. The number of rotatable bonds is 6. The van der Waals surface area contributed by atoms with E-state index < -0.39 is 18.1 Å². The molecule has 2 aromatic heterocycles. The van der Waals surface area contributed by atoms with Crippen molar-refractivity contribution in [1.82, 2.24) is 20.3 Å². The molecule has 0 aliphatic heterocycles. The molecule has 8 nitrogen and oxygen atoms in total. The van der Waals surface area contributed by atoms with Crippen LogP contribution in [0.15, 0.2) is 79.5 Å². The van der Waals surface area contributed by atoms with Crippen molar-refractivity contribution in [1.29, 1.82) is 0 Å². The van der Waals surface area contributed by atoms with E-state index in [1.165, 1.54) is 0 Å². The number of alkyl carbamates (subject to hydrolysis) is 1. The first-order chi connectivity index (χ1) is 14.6. The van der Waals surface area contributed by atoms with E-state index in [4.69, 9.17) is 4.74 Å². The summed E-state index contributed by atoms with van der Waals surface area (Å²) in [7, 11) is 0. The number of imidazole rings is 1. The fourth-order valence-electron chi connectivity index (χ4n) is 2.84. The second-order valence-corrected chi connectivity index (χ2v) is 6.42. The molecular weight excluding hydrogens is 384 g/mol. The number of aromatic nitrogens is 3. The van der Waals surface area contributed by atoms with E-state index in [1.54, 1.807) is 24.9 Å². The van der Waals surface area contributed by atoms with E-state index in [0.29, 0.717) is 0 Å². The molecule has 1 atom stereocenters. The maximum Gasteiger partial charge on any atom is 0.408 e. The minimum absolute atomic E-state index is 0.0894. The number of nitrogens with one attached hydrogen (secondary N) is 3. The Hall–Kier alpha value is -4.07. The number of carboxylic acid groups (broad SMARTS) is 1. The molecule has 1 amide bonds. The molecule has 0 aliphatic carbocycles. The van der Waals surface area contributed by atoms with Crippen molar-refractivity contribution in [2.45, 2.75) is 19.1 Å². The molecule has 0 bridgehead atoms. The Morgan fingerprint density at radius 3 is 2.53 bits per heavy atom. The maximum absolute atomic E-state index is 11.9. The Morgan fingerprint density at radius 1 is 1.10 bits per heavy atom. The smallest absolute Gasteiger partial charge is 0.408 e. The Bertz CT molecular complexity index is 1040. The summed E-state index contributed by atoms with van der Waals surface area (Å²) in [6.07, 6.45) is 6.26. The number of nitrogens with zero attached hydrogens (tertiary/aromatic N) is 1. The molecular formula is C22H22N4O4. The lowest BCUT2D eigenvalue weighted by Crippen LogP contribution is -2.42. The van der Waals surface area contributed by atoms with Crippen LogP contribution in [0.3, 0.4) is 0 Å². The van der Waals surface area contributed by atoms with Crippen molar-refractivity contribution in [3.63, 3.8) is 0 Å². The van der Waals surface area contributed by atoms with Crippen molar-refractivity contribution in [2.24, 2.45) is 0 Å². The van der Waals surface area contributed by atoms with Crippen LogP contribution < -0.4 is 5.32 Å². The second kappa shape index (κ2) is 10.5. The van der Waals surface area contributed by atoms with Gasteiger partial charge in [0.25, 0.3) is 0 Å². The molecule has 0 spiro atoms. The first-order valence-electron chi connectivity index (χ1n) is 9.31. The maximum atomic E-state index is 11.9. The van der Waals surface area contributed by atoms with Gasteiger partial charge in [0.2, 0.25) is 0 Å². The van der Waals surface area contributed by atoms with E-state index in [9.17, 15) is 14.7 Å². The number of carboxylic acids is 1. The first-order valence-corrected chi connectivity index (χ1v) is 9.31. The van der Waals surface area contributed by atoms with Gasteiger partial charge >= 0.3 is 12.1 Å². The number of amides is 1. The highest BCUT2D eigenvalue weighted by atomic mass is 16.5. The van der Waals surface area contributed by atoms with Crippen LogP contribution in [0.25, 0.3) is 10.9 Å². The fraction of sp³-hybridized carbons (Fsp3) is 0.136. The summed E-state index contributed by atoms with van der Waals surface area (Å²) in [5, 5.41) is 12.8. The third-order valence-electron chi connectivity index (χ3n) is 4.31. The molecule has 0 fully saturated rings. The number of hydrogen-bond donors (Lipinski definition) is 4. The summed E-state index contributed by atoms with van der Waals surface area (Å²) in [6, 6.07) is 15.7. The average Bonchev–Trinajstić information content (AvgIpc) is 3.46. The Morgan fingerprint density at radius 2 is 1.87 bits per heavy atom. The zero-order valence-electron chi connectivity index (χ0n) is 16.1. The second-order valence-electron chi connectivity index (χ2n) is 6.42. The highest BCUT2D eigenvalue weighted by Gasteiger charge is 2.22. The third-order valence-corrected chi connectivity index (χ3v) is 4.31. The lowest BCUT2D eigenvalue weighted by molar-refractivity contribution is -0.139. The molecule has 4 aromatic rings. The molecule has 154 valence electrons. The molecule has 0 aliphatic rings. The van der Waals surface area contributed by atoms with Crippen LogP contribution in [0.2, 0.25) is 0 Å². The molecule has 0 radical (unpaired) electrons. The lowest BCUT2D eigenvalue weighted by Gasteiger charge is -2.14. The quantitative estimate of drug-likeness (QED) is 0.391. The number of benzene rings is 2. The highest BCUT2D eigenvalue weighted by molar-refractivity contribution is 5.85. The number of carbonyl (C=O) groups is 2. The van der Waals surface area contributed by atoms with Crippen molar-refractivity contribution in [3.05, 3.63) is 90.6 Å². The molecule has 8 heteroatoms. The van der Waals surface area contributed by atoms with Gasteiger partial charge in [-0.15, -0.1) is 0 Å². The minimum atomic E-state index is -1.11. The number of carbonyl (C=O) groups excluding carboxylic acids is 1. The molecule has 4 N–H and O–H groups in total. The normalized spacial score (nSPS) is 11.2. The number of H-pyrrole nitrogens is 2. The van der Waals surface area contributed by atoms with Gasteiger partial charge in [-0.05, 0) is 17.2 Å². The first kappa shape index (κ1) is 20.7. The molecule has 0 saturated carbocycles. The van der Waals surface area contributed by atoms with Crippen LogP contribution in [0.5, 0.6) is 0 Å². The summed E-state index contributed by atoms with van der Waals surface area (Å²) in [6.45, 7) is 0.0894.